The minimum atomic E-state index is -0.423. The molecule has 53 heavy (non-hydrogen) atoms. The predicted molar refractivity (Wildman–Crippen MR) is 204 cm³/mol. The monoisotopic (exact) mass is 708 g/mol. The molecule has 12 nitrogen and oxygen atoms in total. The quantitative estimate of drug-likeness (QED) is 0.199. The van der Waals surface area contributed by atoms with Gasteiger partial charge in [0.1, 0.15) is 11.2 Å². The van der Waals surface area contributed by atoms with Crippen molar-refractivity contribution < 1.29 is 9.18 Å². The van der Waals surface area contributed by atoms with Gasteiger partial charge in [0, 0.05) is 86.7 Å². The van der Waals surface area contributed by atoms with Gasteiger partial charge in [0.2, 0.25) is 5.95 Å². The van der Waals surface area contributed by atoms with E-state index < -0.39 is 5.82 Å². The summed E-state index contributed by atoms with van der Waals surface area (Å²) >= 11 is 0. The molecular formula is C40H37FN10O2. The second-order valence-electron chi connectivity index (χ2n) is 13.7. The van der Waals surface area contributed by atoms with Crippen molar-refractivity contribution in [1.82, 2.24) is 39.5 Å². The van der Waals surface area contributed by atoms with Crippen molar-refractivity contribution in [1.29, 1.82) is 0 Å². The van der Waals surface area contributed by atoms with Gasteiger partial charge in [0.25, 0.3) is 11.5 Å². The number of pyridine rings is 1. The van der Waals surface area contributed by atoms with Gasteiger partial charge in [0.05, 0.1) is 5.56 Å². The average molecular weight is 709 g/mol. The summed E-state index contributed by atoms with van der Waals surface area (Å²) in [5, 5.41) is 7.42. The van der Waals surface area contributed by atoms with E-state index >= 15 is 0 Å². The minimum Gasteiger partial charge on any atom is -0.369 e. The number of anilines is 3. The number of carbonyl (C=O) groups is 1. The van der Waals surface area contributed by atoms with E-state index in [1.54, 1.807) is 24.1 Å². The topological polar surface area (TPSA) is 129 Å². The van der Waals surface area contributed by atoms with Crippen LogP contribution in [0.25, 0.3) is 39.0 Å². The molecule has 7 aromatic rings. The first-order valence-corrected chi connectivity index (χ1v) is 17.7. The number of H-pyrrole nitrogens is 1. The highest BCUT2D eigenvalue weighted by molar-refractivity contribution is 6.10. The molecule has 0 bridgehead atoms. The third kappa shape index (κ3) is 5.88. The van der Waals surface area contributed by atoms with Crippen LogP contribution >= 0.6 is 0 Å². The molecule has 6 heterocycles. The van der Waals surface area contributed by atoms with Gasteiger partial charge in [-0.25, -0.2) is 23.7 Å². The van der Waals surface area contributed by atoms with E-state index in [-0.39, 0.29) is 11.5 Å². The molecule has 0 saturated carbocycles. The van der Waals surface area contributed by atoms with Crippen molar-refractivity contribution in [3.05, 3.63) is 124 Å². The number of carbonyl (C=O) groups excluding carboxylic acids is 1. The highest BCUT2D eigenvalue weighted by Crippen LogP contribution is 2.35. The maximum absolute atomic E-state index is 14.4. The number of hydrogen-bond acceptors (Lipinski definition) is 8. The summed E-state index contributed by atoms with van der Waals surface area (Å²) in [5.74, 6) is 0.334. The lowest BCUT2D eigenvalue weighted by molar-refractivity contribution is 0.0956. The summed E-state index contributed by atoms with van der Waals surface area (Å²) in [4.78, 5) is 47.3. The van der Waals surface area contributed by atoms with Crippen LogP contribution < -0.4 is 21.1 Å². The molecular weight excluding hydrogens is 672 g/mol. The van der Waals surface area contributed by atoms with E-state index in [0.29, 0.717) is 46.8 Å². The van der Waals surface area contributed by atoms with E-state index in [1.165, 1.54) is 27.9 Å². The molecule has 9 rings (SSSR count). The number of aromatic amines is 1. The Balaban J connectivity index is 0.852. The normalized spacial score (nSPS) is 14.8. The molecule has 2 aliphatic rings. The standard InChI is InChI=1S/C40H37FN10O2/c1-24-19-25(36-30-12-14-43-38(52)31-20-27(41)21-33(46-36)35(30)31)6-7-26(24)23-49-15-17-50(18-16-49)29-10-8-28(9-11-29)45-40-44-22-32-37(47-40)51(48(2)39(32)53)34-5-3-4-13-42-34/h3-11,13,19-22,46H,12,14-18,23H2,1-2H3,(H,43,52)(H,44,45,47). The summed E-state index contributed by atoms with van der Waals surface area (Å²) in [7, 11) is 1.69. The van der Waals surface area contributed by atoms with E-state index in [2.05, 4.69) is 77.6 Å². The number of benzene rings is 3. The van der Waals surface area contributed by atoms with E-state index in [1.807, 2.05) is 30.3 Å². The van der Waals surface area contributed by atoms with Crippen LogP contribution in [0, 0.1) is 12.7 Å². The molecule has 0 aliphatic carbocycles. The SMILES string of the molecule is Cc1cc(-c2[nH]c3cc(F)cc4c3c2CCNC4=O)ccc1CN1CCN(c2ccc(Nc3ncc4c(=O)n(C)n(-c5ccccn5)c4n3)cc2)CC1. The number of amides is 1. The van der Waals surface area contributed by atoms with Gasteiger partial charge in [-0.15, -0.1) is 0 Å². The molecule has 3 aromatic carbocycles. The predicted octanol–water partition coefficient (Wildman–Crippen LogP) is 5.46. The highest BCUT2D eigenvalue weighted by Gasteiger charge is 2.24. The molecule has 266 valence electrons. The van der Waals surface area contributed by atoms with Gasteiger partial charge < -0.3 is 20.5 Å². The summed E-state index contributed by atoms with van der Waals surface area (Å²) in [6.07, 6.45) is 3.92. The molecule has 1 saturated heterocycles. The van der Waals surface area contributed by atoms with Gasteiger partial charge >= 0.3 is 0 Å². The number of halogens is 1. The number of nitrogens with zero attached hydrogens (tertiary/aromatic N) is 7. The Labute approximate surface area is 303 Å². The zero-order valence-electron chi connectivity index (χ0n) is 29.4. The van der Waals surface area contributed by atoms with Gasteiger partial charge in [-0.2, -0.15) is 4.98 Å². The first-order valence-electron chi connectivity index (χ1n) is 17.7. The van der Waals surface area contributed by atoms with Crippen LogP contribution in [0.2, 0.25) is 0 Å². The second-order valence-corrected chi connectivity index (χ2v) is 13.7. The van der Waals surface area contributed by atoms with E-state index in [0.717, 1.165) is 66.3 Å². The van der Waals surface area contributed by atoms with Crippen molar-refractivity contribution in [3.63, 3.8) is 0 Å². The van der Waals surface area contributed by atoms with E-state index in [4.69, 9.17) is 0 Å². The van der Waals surface area contributed by atoms with Gasteiger partial charge in [0.15, 0.2) is 11.5 Å². The van der Waals surface area contributed by atoms with Crippen molar-refractivity contribution >= 4 is 45.2 Å². The molecule has 0 spiro atoms. The van der Waals surface area contributed by atoms with Crippen LogP contribution in [0.3, 0.4) is 0 Å². The zero-order valence-corrected chi connectivity index (χ0v) is 29.4. The fourth-order valence-corrected chi connectivity index (χ4v) is 7.65. The molecule has 0 radical (unpaired) electrons. The molecule has 0 atom stereocenters. The Kier molecular flexibility index (Phi) is 7.99. The lowest BCUT2D eigenvalue weighted by Gasteiger charge is -2.36. The molecule has 3 N–H and O–H groups in total. The van der Waals surface area contributed by atoms with Crippen molar-refractivity contribution in [3.8, 4) is 17.1 Å². The Morgan fingerprint density at radius 3 is 2.55 bits per heavy atom. The molecule has 4 aromatic heterocycles. The Hall–Kier alpha value is -6.34. The fourth-order valence-electron chi connectivity index (χ4n) is 7.65. The molecule has 2 aliphatic heterocycles. The number of aryl methyl sites for hydroxylation is 1. The highest BCUT2D eigenvalue weighted by atomic mass is 19.1. The number of hydrogen-bond donors (Lipinski definition) is 3. The number of fused-ring (bicyclic) bond motifs is 1. The molecule has 13 heteroatoms. The second kappa shape index (κ2) is 13.0. The summed E-state index contributed by atoms with van der Waals surface area (Å²) in [6.45, 7) is 7.20. The van der Waals surface area contributed by atoms with Crippen LogP contribution in [0.5, 0.6) is 0 Å². The molecule has 1 amide bonds. The first-order chi connectivity index (χ1) is 25.8. The Morgan fingerprint density at radius 2 is 1.77 bits per heavy atom. The van der Waals surface area contributed by atoms with Crippen LogP contribution in [0.1, 0.15) is 27.0 Å². The largest absolute Gasteiger partial charge is 0.369 e. The van der Waals surface area contributed by atoms with Crippen LogP contribution in [-0.4, -0.2) is 72.8 Å². The maximum atomic E-state index is 14.4. The van der Waals surface area contributed by atoms with Crippen molar-refractivity contribution in [2.75, 3.05) is 42.9 Å². The van der Waals surface area contributed by atoms with Crippen molar-refractivity contribution in [2.45, 2.75) is 19.9 Å². The van der Waals surface area contributed by atoms with E-state index in [9.17, 15) is 14.0 Å². The number of aromatic nitrogens is 6. The Bertz CT molecular complexity index is 2590. The van der Waals surface area contributed by atoms with Gasteiger partial charge in [-0.05, 0) is 90.2 Å². The lowest BCUT2D eigenvalue weighted by Crippen LogP contribution is -2.46. The average Bonchev–Trinajstić information content (AvgIpc) is 3.59. The third-order valence-electron chi connectivity index (χ3n) is 10.4. The summed E-state index contributed by atoms with van der Waals surface area (Å²) in [6, 6.07) is 23.1. The number of nitrogens with one attached hydrogen (secondary N) is 3. The third-order valence-corrected chi connectivity index (χ3v) is 10.4. The first kappa shape index (κ1) is 32.6. The zero-order chi connectivity index (χ0) is 36.2. The summed E-state index contributed by atoms with van der Waals surface area (Å²) in [5.41, 5.74) is 8.85. The molecule has 1 fully saturated rings. The van der Waals surface area contributed by atoms with Gasteiger partial charge in [-0.3, -0.25) is 14.5 Å². The van der Waals surface area contributed by atoms with Crippen LogP contribution in [-0.2, 0) is 20.0 Å². The van der Waals surface area contributed by atoms with Crippen LogP contribution in [0.4, 0.5) is 21.7 Å². The fraction of sp³-hybridized carbons (Fsp3) is 0.225. The number of rotatable bonds is 7. The number of piperazine rings is 1. The maximum Gasteiger partial charge on any atom is 0.277 e. The van der Waals surface area contributed by atoms with Gasteiger partial charge in [-0.1, -0.05) is 18.2 Å². The van der Waals surface area contributed by atoms with Crippen molar-refractivity contribution in [2.24, 2.45) is 7.05 Å². The minimum absolute atomic E-state index is 0.188. The summed E-state index contributed by atoms with van der Waals surface area (Å²) < 4.78 is 17.6. The Morgan fingerprint density at radius 1 is 0.943 bits per heavy atom. The molecule has 0 unspecified atom stereocenters. The smallest absolute Gasteiger partial charge is 0.277 e. The van der Waals surface area contributed by atoms with Crippen LogP contribution in [0.15, 0.2) is 90.0 Å². The lowest BCUT2D eigenvalue weighted by atomic mass is 9.97.